The summed E-state index contributed by atoms with van der Waals surface area (Å²) in [6.07, 6.45) is 8.95. The summed E-state index contributed by atoms with van der Waals surface area (Å²) in [6, 6.07) is 3.34. The molecule has 2 aromatic rings. The van der Waals surface area contributed by atoms with Gasteiger partial charge in [-0.05, 0) is 38.2 Å². The molecule has 2 aliphatic rings. The molecule has 1 N–H and O–H groups in total. The van der Waals surface area contributed by atoms with Crippen LogP contribution in [0.4, 0.5) is 5.95 Å². The third-order valence-electron chi connectivity index (χ3n) is 5.02. The predicted molar refractivity (Wildman–Crippen MR) is 100 cm³/mol. The molecule has 1 saturated carbocycles. The molecule has 4 rings (SSSR count). The van der Waals surface area contributed by atoms with Crippen LogP contribution in [-0.4, -0.2) is 38.5 Å². The van der Waals surface area contributed by atoms with E-state index in [-0.39, 0.29) is 18.0 Å². The summed E-state index contributed by atoms with van der Waals surface area (Å²) < 4.78 is 1.33. The van der Waals surface area contributed by atoms with Crippen molar-refractivity contribution in [2.24, 2.45) is 0 Å². The van der Waals surface area contributed by atoms with Crippen molar-refractivity contribution >= 4 is 11.9 Å². The topological polar surface area (TPSA) is 93.0 Å². The van der Waals surface area contributed by atoms with Crippen molar-refractivity contribution < 1.29 is 4.79 Å². The first kappa shape index (κ1) is 17.6. The number of carbonyl (C=O) groups excluding carboxylic acids is 1. The number of hydrogen-bond donors (Lipinski definition) is 1. The Balaban J connectivity index is 1.33. The highest BCUT2D eigenvalue weighted by Crippen LogP contribution is 2.38. The summed E-state index contributed by atoms with van der Waals surface area (Å²) in [6.45, 7) is 2.22. The summed E-state index contributed by atoms with van der Waals surface area (Å²) in [5, 5.41) is 2.82. The van der Waals surface area contributed by atoms with Crippen molar-refractivity contribution in [3.8, 4) is 0 Å². The fraction of sp³-hybridized carbons (Fsp3) is 0.526. The molecule has 8 heteroatoms. The third kappa shape index (κ3) is 4.50. The number of hydrogen-bond acceptors (Lipinski definition) is 6. The van der Waals surface area contributed by atoms with Crippen LogP contribution in [0.2, 0.25) is 0 Å². The summed E-state index contributed by atoms with van der Waals surface area (Å²) in [5.41, 5.74) is 1.41. The first-order valence-electron chi connectivity index (χ1n) is 9.59. The maximum absolute atomic E-state index is 12.2. The van der Waals surface area contributed by atoms with Gasteiger partial charge in [0.15, 0.2) is 0 Å². The minimum absolute atomic E-state index is 0.0408. The molecule has 0 atom stereocenters. The number of nitrogens with zero attached hydrogens (tertiary/aromatic N) is 5. The van der Waals surface area contributed by atoms with Gasteiger partial charge in [-0.25, -0.2) is 15.0 Å². The number of aromatic nitrogens is 4. The molecule has 8 nitrogen and oxygen atoms in total. The Bertz CT molecular complexity index is 870. The van der Waals surface area contributed by atoms with Gasteiger partial charge in [0.05, 0.1) is 24.3 Å². The Labute approximate surface area is 157 Å². The van der Waals surface area contributed by atoms with E-state index in [4.69, 9.17) is 0 Å². The molecule has 0 bridgehead atoms. The van der Waals surface area contributed by atoms with E-state index in [2.05, 4.69) is 25.2 Å². The van der Waals surface area contributed by atoms with E-state index in [1.165, 1.54) is 17.3 Å². The number of carbonyl (C=O) groups is 1. The summed E-state index contributed by atoms with van der Waals surface area (Å²) in [7, 11) is 0. The number of amides is 1. The molecule has 142 valence electrons. The van der Waals surface area contributed by atoms with E-state index in [0.717, 1.165) is 56.1 Å². The van der Waals surface area contributed by atoms with Gasteiger partial charge in [-0.15, -0.1) is 0 Å². The lowest BCUT2D eigenvalue weighted by atomic mass is 10.1. The number of nitrogens with one attached hydrogen (secondary N) is 1. The molecule has 0 spiro atoms. The second kappa shape index (κ2) is 7.85. The van der Waals surface area contributed by atoms with Crippen molar-refractivity contribution in [2.45, 2.75) is 51.1 Å². The number of anilines is 1. The molecule has 2 fully saturated rings. The lowest BCUT2D eigenvalue weighted by Gasteiger charge is -2.26. The van der Waals surface area contributed by atoms with Gasteiger partial charge in [0, 0.05) is 31.3 Å². The number of piperidine rings is 1. The van der Waals surface area contributed by atoms with E-state index in [1.807, 2.05) is 0 Å². The molecular weight excluding hydrogens is 344 g/mol. The van der Waals surface area contributed by atoms with Crippen LogP contribution < -0.4 is 15.8 Å². The quantitative estimate of drug-likeness (QED) is 0.824. The maximum Gasteiger partial charge on any atom is 0.254 e. The normalized spacial score (nSPS) is 17.0. The average molecular weight is 368 g/mol. The van der Waals surface area contributed by atoms with E-state index in [0.29, 0.717) is 12.5 Å². The van der Waals surface area contributed by atoms with Gasteiger partial charge in [0.25, 0.3) is 5.56 Å². The van der Waals surface area contributed by atoms with Gasteiger partial charge in [0.2, 0.25) is 11.9 Å². The second-order valence-corrected chi connectivity index (χ2v) is 7.23. The minimum Gasteiger partial charge on any atom is -0.349 e. The molecule has 3 heterocycles. The molecular formula is C19H24N6O2. The van der Waals surface area contributed by atoms with Gasteiger partial charge >= 0.3 is 0 Å². The van der Waals surface area contributed by atoms with Crippen LogP contribution in [0.15, 0.2) is 29.5 Å². The largest absolute Gasteiger partial charge is 0.349 e. The smallest absolute Gasteiger partial charge is 0.254 e. The monoisotopic (exact) mass is 368 g/mol. The van der Waals surface area contributed by atoms with E-state index < -0.39 is 0 Å². The van der Waals surface area contributed by atoms with Gasteiger partial charge < -0.3 is 10.2 Å². The highest BCUT2D eigenvalue weighted by molar-refractivity contribution is 5.75. The van der Waals surface area contributed by atoms with Gasteiger partial charge in [-0.3, -0.25) is 14.2 Å². The minimum atomic E-state index is -0.240. The van der Waals surface area contributed by atoms with Crippen LogP contribution in [-0.2, 0) is 17.9 Å². The molecule has 0 aromatic carbocycles. The zero-order valence-corrected chi connectivity index (χ0v) is 15.3. The van der Waals surface area contributed by atoms with Crippen LogP contribution in [0, 0.1) is 0 Å². The fourth-order valence-corrected chi connectivity index (χ4v) is 3.29. The Hall–Kier alpha value is -2.77. The van der Waals surface area contributed by atoms with Crippen LogP contribution in [0.25, 0.3) is 0 Å². The lowest BCUT2D eigenvalue weighted by molar-refractivity contribution is -0.121. The van der Waals surface area contributed by atoms with Crippen LogP contribution in [0.3, 0.4) is 0 Å². The molecule has 1 amide bonds. The SMILES string of the molecule is O=C(Cn1cnc(C2CC2)cc1=O)NCc1ccnc(N2CCCCC2)n1. The highest BCUT2D eigenvalue weighted by atomic mass is 16.2. The Morgan fingerprint density at radius 2 is 2.00 bits per heavy atom. The van der Waals surface area contributed by atoms with Crippen molar-refractivity contribution in [3.63, 3.8) is 0 Å². The molecule has 27 heavy (non-hydrogen) atoms. The first-order chi connectivity index (χ1) is 13.2. The highest BCUT2D eigenvalue weighted by Gasteiger charge is 2.25. The van der Waals surface area contributed by atoms with E-state index in [9.17, 15) is 9.59 Å². The van der Waals surface area contributed by atoms with Crippen LogP contribution in [0.5, 0.6) is 0 Å². The lowest BCUT2D eigenvalue weighted by Crippen LogP contribution is -2.33. The van der Waals surface area contributed by atoms with E-state index >= 15 is 0 Å². The average Bonchev–Trinajstić information content (AvgIpc) is 3.54. The van der Waals surface area contributed by atoms with Gasteiger partial charge in [0.1, 0.15) is 6.54 Å². The summed E-state index contributed by atoms with van der Waals surface area (Å²) in [4.78, 5) is 39.7. The fourth-order valence-electron chi connectivity index (χ4n) is 3.29. The second-order valence-electron chi connectivity index (χ2n) is 7.23. The Morgan fingerprint density at radius 3 is 2.74 bits per heavy atom. The molecule has 0 unspecified atom stereocenters. The standard InChI is InChI=1S/C19H24N6O2/c26-17(12-25-13-22-16(10-18(25)27)14-4-5-14)21-11-15-6-7-20-19(23-15)24-8-2-1-3-9-24/h6-7,10,13-14H,1-5,8-9,11-12H2,(H,21,26). The van der Waals surface area contributed by atoms with Crippen molar-refractivity contribution in [3.05, 3.63) is 46.4 Å². The first-order valence-corrected chi connectivity index (χ1v) is 9.59. The third-order valence-corrected chi connectivity index (χ3v) is 5.02. The van der Waals surface area contributed by atoms with Crippen LogP contribution in [0.1, 0.15) is 49.4 Å². The predicted octanol–water partition coefficient (Wildman–Crippen LogP) is 1.22. The summed E-state index contributed by atoms with van der Waals surface area (Å²) >= 11 is 0. The van der Waals surface area contributed by atoms with Gasteiger partial charge in [-0.2, -0.15) is 0 Å². The van der Waals surface area contributed by atoms with E-state index in [1.54, 1.807) is 18.3 Å². The maximum atomic E-state index is 12.2. The molecule has 2 aromatic heterocycles. The molecule has 1 saturated heterocycles. The number of rotatable bonds is 6. The molecule has 1 aliphatic carbocycles. The molecule has 1 aliphatic heterocycles. The van der Waals surface area contributed by atoms with Crippen LogP contribution >= 0.6 is 0 Å². The zero-order chi connectivity index (χ0) is 18.6. The zero-order valence-electron chi connectivity index (χ0n) is 15.3. The van der Waals surface area contributed by atoms with Crippen molar-refractivity contribution in [1.82, 2.24) is 24.8 Å². The summed E-state index contributed by atoms with van der Waals surface area (Å²) in [5.74, 6) is 0.904. The Kier molecular flexibility index (Phi) is 5.13. The van der Waals surface area contributed by atoms with Gasteiger partial charge in [-0.1, -0.05) is 0 Å². The Morgan fingerprint density at radius 1 is 1.19 bits per heavy atom. The van der Waals surface area contributed by atoms with Crippen molar-refractivity contribution in [2.75, 3.05) is 18.0 Å². The van der Waals surface area contributed by atoms with Crippen molar-refractivity contribution in [1.29, 1.82) is 0 Å². The molecule has 0 radical (unpaired) electrons.